The van der Waals surface area contributed by atoms with Gasteiger partial charge in [-0.15, -0.1) is 0 Å². The second kappa shape index (κ2) is 11.2. The molecule has 0 aromatic heterocycles. The molecular weight excluding hydrogens is 458 g/mol. The summed E-state index contributed by atoms with van der Waals surface area (Å²) < 4.78 is 22.3. The van der Waals surface area contributed by atoms with Crippen LogP contribution in [-0.4, -0.2) is 50.8 Å². The molecule has 7 nitrogen and oxygen atoms in total. The number of amides is 1. The fourth-order valence-electron chi connectivity index (χ4n) is 4.50. The number of esters is 1. The number of hydrogen-bond donors (Lipinski definition) is 0. The number of carbonyl (C=O) groups excluding carboxylic acids is 2. The van der Waals surface area contributed by atoms with E-state index in [1.165, 1.54) is 0 Å². The van der Waals surface area contributed by atoms with Gasteiger partial charge in [0.05, 0.1) is 32.4 Å². The average Bonchev–Trinajstić information content (AvgIpc) is 2.91. The van der Waals surface area contributed by atoms with Gasteiger partial charge in [0.2, 0.25) is 0 Å². The average molecular weight is 490 g/mol. The Hall–Kier alpha value is -4.00. The van der Waals surface area contributed by atoms with Gasteiger partial charge >= 0.3 is 5.97 Å². The maximum atomic E-state index is 13.7. The Morgan fingerprint density at radius 2 is 1.67 bits per heavy atom. The van der Waals surface area contributed by atoms with Crippen LogP contribution in [0.25, 0.3) is 0 Å². The van der Waals surface area contributed by atoms with Crippen LogP contribution in [0.1, 0.15) is 50.4 Å². The lowest BCUT2D eigenvalue weighted by Crippen LogP contribution is -2.42. The summed E-state index contributed by atoms with van der Waals surface area (Å²) in [6.45, 7) is 4.81. The minimum Gasteiger partial charge on any atom is -0.493 e. The van der Waals surface area contributed by atoms with Crippen molar-refractivity contribution in [3.8, 4) is 17.2 Å². The highest BCUT2D eigenvalue weighted by molar-refractivity contribution is 5.96. The third kappa shape index (κ3) is 5.15. The summed E-state index contributed by atoms with van der Waals surface area (Å²) in [5, 5.41) is 0. The number of nitrogens with zero attached hydrogens (tertiary/aromatic N) is 1. The zero-order valence-electron chi connectivity index (χ0n) is 21.1. The van der Waals surface area contributed by atoms with E-state index in [0.29, 0.717) is 47.9 Å². The van der Waals surface area contributed by atoms with E-state index < -0.39 is 0 Å². The quantitative estimate of drug-likeness (QED) is 0.414. The fraction of sp³-hybridized carbons (Fsp3) is 0.310. The molecular formula is C29H31NO6. The van der Waals surface area contributed by atoms with E-state index in [-0.39, 0.29) is 24.5 Å². The van der Waals surface area contributed by atoms with Crippen molar-refractivity contribution >= 4 is 11.9 Å². The van der Waals surface area contributed by atoms with E-state index in [2.05, 4.69) is 0 Å². The summed E-state index contributed by atoms with van der Waals surface area (Å²) in [5.41, 5.74) is 4.11. The highest BCUT2D eigenvalue weighted by Crippen LogP contribution is 2.39. The first-order chi connectivity index (χ1) is 17.5. The number of ether oxygens (including phenoxy) is 4. The molecule has 0 N–H and O–H groups in total. The monoisotopic (exact) mass is 489 g/mol. The second-order valence-electron chi connectivity index (χ2n) is 8.54. The fourth-order valence-corrected chi connectivity index (χ4v) is 4.50. The summed E-state index contributed by atoms with van der Waals surface area (Å²) in [7, 11) is 3.21. The Kier molecular flexibility index (Phi) is 7.78. The van der Waals surface area contributed by atoms with Crippen LogP contribution in [0, 0.1) is 6.92 Å². The summed E-state index contributed by atoms with van der Waals surface area (Å²) >= 11 is 0. The van der Waals surface area contributed by atoms with Gasteiger partial charge < -0.3 is 23.8 Å². The van der Waals surface area contributed by atoms with Gasteiger partial charge in [-0.1, -0.05) is 18.2 Å². The van der Waals surface area contributed by atoms with Crippen LogP contribution in [0.5, 0.6) is 17.2 Å². The molecule has 1 atom stereocenters. The van der Waals surface area contributed by atoms with E-state index in [9.17, 15) is 9.59 Å². The Labute approximate surface area is 211 Å². The number of carbonyl (C=O) groups is 2. The Morgan fingerprint density at radius 3 is 2.33 bits per heavy atom. The summed E-state index contributed by atoms with van der Waals surface area (Å²) in [4.78, 5) is 27.5. The van der Waals surface area contributed by atoms with Crippen LogP contribution in [0.3, 0.4) is 0 Å². The predicted molar refractivity (Wildman–Crippen MR) is 136 cm³/mol. The molecule has 0 saturated heterocycles. The van der Waals surface area contributed by atoms with Gasteiger partial charge in [0, 0.05) is 12.1 Å². The summed E-state index contributed by atoms with van der Waals surface area (Å²) in [6, 6.07) is 18.0. The number of aryl methyl sites for hydroxylation is 1. The van der Waals surface area contributed by atoms with Crippen molar-refractivity contribution in [2.45, 2.75) is 26.3 Å². The van der Waals surface area contributed by atoms with Crippen LogP contribution >= 0.6 is 0 Å². The van der Waals surface area contributed by atoms with Crippen LogP contribution in [0.15, 0.2) is 60.7 Å². The van der Waals surface area contributed by atoms with Crippen molar-refractivity contribution in [1.29, 1.82) is 0 Å². The molecule has 1 amide bonds. The number of benzene rings is 3. The summed E-state index contributed by atoms with van der Waals surface area (Å²) in [5.74, 6) is 1.44. The molecule has 0 aliphatic carbocycles. The molecule has 1 aliphatic rings. The van der Waals surface area contributed by atoms with E-state index in [1.807, 2.05) is 48.2 Å². The minimum absolute atomic E-state index is 0.0419. The van der Waals surface area contributed by atoms with Gasteiger partial charge in [0.15, 0.2) is 11.5 Å². The van der Waals surface area contributed by atoms with Crippen LogP contribution in [-0.2, 0) is 11.2 Å². The highest BCUT2D eigenvalue weighted by atomic mass is 16.5. The standard InChI is InChI=1S/C29H31NO6/c1-5-35-29(32)20-10-12-22(13-11-20)36-18-25-24-17-27(34-4)26(33-3)16-21(24)14-15-30(25)28(31)23-9-7-6-8-19(23)2/h6-13,16-17,25H,5,14-15,18H2,1-4H3/t25-/m1/s1. The zero-order valence-corrected chi connectivity index (χ0v) is 21.1. The number of fused-ring (bicyclic) bond motifs is 1. The molecule has 4 rings (SSSR count). The van der Waals surface area contributed by atoms with Crippen LogP contribution in [0.4, 0.5) is 0 Å². The predicted octanol–water partition coefficient (Wildman–Crippen LogP) is 5.01. The largest absolute Gasteiger partial charge is 0.493 e. The molecule has 0 fully saturated rings. The Morgan fingerprint density at radius 1 is 0.972 bits per heavy atom. The van der Waals surface area contributed by atoms with E-state index in [1.54, 1.807) is 45.4 Å². The Balaban J connectivity index is 1.65. The SMILES string of the molecule is CCOC(=O)c1ccc(OC[C@@H]2c3cc(OC)c(OC)cc3CCN2C(=O)c2ccccc2C)cc1. The topological polar surface area (TPSA) is 74.3 Å². The normalized spacial score (nSPS) is 14.6. The van der Waals surface area contributed by atoms with Gasteiger partial charge in [-0.05, 0) is 79.4 Å². The van der Waals surface area contributed by atoms with Crippen LogP contribution in [0.2, 0.25) is 0 Å². The molecule has 0 unspecified atom stereocenters. The van der Waals surface area contributed by atoms with Gasteiger partial charge in [-0.2, -0.15) is 0 Å². The van der Waals surface area contributed by atoms with E-state index in [0.717, 1.165) is 16.7 Å². The molecule has 1 heterocycles. The molecule has 0 saturated carbocycles. The molecule has 0 bridgehead atoms. The summed E-state index contributed by atoms with van der Waals surface area (Å²) in [6.07, 6.45) is 0.693. The van der Waals surface area contributed by atoms with Gasteiger partial charge in [0.25, 0.3) is 5.91 Å². The first-order valence-corrected chi connectivity index (χ1v) is 12.0. The Bertz CT molecular complexity index is 1240. The van der Waals surface area contributed by atoms with Crippen molar-refractivity contribution in [3.63, 3.8) is 0 Å². The lowest BCUT2D eigenvalue weighted by molar-refractivity contribution is 0.0524. The van der Waals surface area contributed by atoms with Crippen molar-refractivity contribution < 1.29 is 28.5 Å². The molecule has 1 aliphatic heterocycles. The smallest absolute Gasteiger partial charge is 0.338 e. The maximum Gasteiger partial charge on any atom is 0.338 e. The van der Waals surface area contributed by atoms with Crippen molar-refractivity contribution in [2.75, 3.05) is 34.0 Å². The van der Waals surface area contributed by atoms with Gasteiger partial charge in [-0.25, -0.2) is 4.79 Å². The zero-order chi connectivity index (χ0) is 25.7. The van der Waals surface area contributed by atoms with Crippen molar-refractivity contribution in [2.24, 2.45) is 0 Å². The first-order valence-electron chi connectivity index (χ1n) is 12.0. The van der Waals surface area contributed by atoms with Crippen molar-refractivity contribution in [1.82, 2.24) is 4.90 Å². The minimum atomic E-state index is -0.374. The molecule has 0 spiro atoms. The molecule has 3 aromatic rings. The lowest BCUT2D eigenvalue weighted by atomic mass is 9.91. The first kappa shape index (κ1) is 25.1. The number of rotatable bonds is 8. The lowest BCUT2D eigenvalue weighted by Gasteiger charge is -2.38. The third-order valence-corrected chi connectivity index (χ3v) is 6.41. The highest BCUT2D eigenvalue weighted by Gasteiger charge is 2.33. The number of methoxy groups -OCH3 is 2. The molecule has 7 heteroatoms. The molecule has 3 aromatic carbocycles. The van der Waals surface area contributed by atoms with Crippen molar-refractivity contribution in [3.05, 3.63) is 88.5 Å². The maximum absolute atomic E-state index is 13.7. The molecule has 188 valence electrons. The number of hydrogen-bond acceptors (Lipinski definition) is 6. The van der Waals surface area contributed by atoms with E-state index in [4.69, 9.17) is 18.9 Å². The van der Waals surface area contributed by atoms with Gasteiger partial charge in [-0.3, -0.25) is 4.79 Å². The third-order valence-electron chi connectivity index (χ3n) is 6.41. The molecule has 0 radical (unpaired) electrons. The van der Waals surface area contributed by atoms with Gasteiger partial charge in [0.1, 0.15) is 12.4 Å². The van der Waals surface area contributed by atoms with E-state index >= 15 is 0 Å². The molecule has 36 heavy (non-hydrogen) atoms. The van der Waals surface area contributed by atoms with Crippen LogP contribution < -0.4 is 14.2 Å². The second-order valence-corrected chi connectivity index (χ2v) is 8.54.